The Balaban J connectivity index is 1.41. The predicted octanol–water partition coefficient (Wildman–Crippen LogP) is 2.18. The van der Waals surface area contributed by atoms with E-state index in [2.05, 4.69) is 17.0 Å². The van der Waals surface area contributed by atoms with Gasteiger partial charge in [-0.1, -0.05) is 42.5 Å². The molecule has 0 bridgehead atoms. The Morgan fingerprint density at radius 3 is 2.24 bits per heavy atom. The molecule has 2 aliphatic rings. The molecule has 0 radical (unpaired) electrons. The van der Waals surface area contributed by atoms with E-state index in [4.69, 9.17) is 4.74 Å². The number of amides is 2. The lowest BCUT2D eigenvalue weighted by Gasteiger charge is -2.34. The summed E-state index contributed by atoms with van der Waals surface area (Å²) in [7, 11) is 0. The highest BCUT2D eigenvalue weighted by Crippen LogP contribution is 2.23. The Labute approximate surface area is 146 Å². The van der Waals surface area contributed by atoms with Gasteiger partial charge in [0.25, 0.3) is 11.8 Å². The quantitative estimate of drug-likeness (QED) is 0.803. The molecule has 4 rings (SSSR count). The zero-order valence-corrected chi connectivity index (χ0v) is 13.9. The maximum atomic E-state index is 12.5. The normalized spacial score (nSPS) is 20.8. The minimum Gasteiger partial charge on any atom is -0.374 e. The first kappa shape index (κ1) is 16.0. The Hall–Kier alpha value is -2.50. The van der Waals surface area contributed by atoms with Crippen molar-refractivity contribution in [1.29, 1.82) is 0 Å². The van der Waals surface area contributed by atoms with Crippen LogP contribution in [0.3, 0.4) is 0 Å². The molecule has 2 aromatic carbocycles. The molecule has 2 heterocycles. The second-order valence-electron chi connectivity index (χ2n) is 6.48. The predicted molar refractivity (Wildman–Crippen MR) is 93.3 cm³/mol. The van der Waals surface area contributed by atoms with Crippen LogP contribution < -0.4 is 0 Å². The van der Waals surface area contributed by atoms with E-state index in [1.54, 1.807) is 24.3 Å². The highest BCUT2D eigenvalue weighted by molar-refractivity contribution is 6.21. The van der Waals surface area contributed by atoms with Crippen LogP contribution in [0.4, 0.5) is 0 Å². The standard InChI is InChI=1S/C20H20N2O3/c23-19-17-8-4-5-9-18(17)20(24)22(19)14-16-13-21(10-11-25-16)12-15-6-2-1-3-7-15/h1-9,16H,10-14H2/t16-/m0/s1. The van der Waals surface area contributed by atoms with Crippen molar-refractivity contribution >= 4 is 11.8 Å². The fourth-order valence-electron chi connectivity index (χ4n) is 3.48. The molecule has 5 nitrogen and oxygen atoms in total. The topological polar surface area (TPSA) is 49.9 Å². The minimum atomic E-state index is -0.218. The monoisotopic (exact) mass is 336 g/mol. The molecule has 0 spiro atoms. The van der Waals surface area contributed by atoms with E-state index in [0.717, 1.165) is 13.1 Å². The number of hydrogen-bond donors (Lipinski definition) is 0. The Bertz CT molecular complexity index is 756. The van der Waals surface area contributed by atoms with Crippen molar-refractivity contribution in [3.05, 3.63) is 71.3 Å². The van der Waals surface area contributed by atoms with Gasteiger partial charge in [-0.15, -0.1) is 0 Å². The number of carbonyl (C=O) groups is 2. The van der Waals surface area contributed by atoms with Crippen LogP contribution >= 0.6 is 0 Å². The van der Waals surface area contributed by atoms with Gasteiger partial charge in [-0.25, -0.2) is 0 Å². The molecular formula is C20H20N2O3. The van der Waals surface area contributed by atoms with Crippen molar-refractivity contribution in [1.82, 2.24) is 9.80 Å². The highest BCUT2D eigenvalue weighted by Gasteiger charge is 2.37. The van der Waals surface area contributed by atoms with E-state index in [1.807, 2.05) is 18.2 Å². The van der Waals surface area contributed by atoms with Crippen molar-refractivity contribution < 1.29 is 14.3 Å². The molecule has 0 aromatic heterocycles. The molecule has 0 aliphatic carbocycles. The summed E-state index contributed by atoms with van der Waals surface area (Å²) >= 11 is 0. The summed E-state index contributed by atoms with van der Waals surface area (Å²) in [6.07, 6.45) is -0.153. The van der Waals surface area contributed by atoms with E-state index >= 15 is 0 Å². The lowest BCUT2D eigenvalue weighted by Crippen LogP contribution is -2.48. The number of nitrogens with zero attached hydrogens (tertiary/aromatic N) is 2. The maximum Gasteiger partial charge on any atom is 0.261 e. The van der Waals surface area contributed by atoms with Crippen molar-refractivity contribution in [3.8, 4) is 0 Å². The summed E-state index contributed by atoms with van der Waals surface area (Å²) < 4.78 is 5.82. The van der Waals surface area contributed by atoms with Crippen LogP contribution in [0, 0.1) is 0 Å². The summed E-state index contributed by atoms with van der Waals surface area (Å²) in [6, 6.07) is 17.3. The van der Waals surface area contributed by atoms with Crippen LogP contribution in [0.5, 0.6) is 0 Å². The number of carbonyl (C=O) groups excluding carboxylic acids is 2. The van der Waals surface area contributed by atoms with Crippen molar-refractivity contribution in [2.75, 3.05) is 26.2 Å². The van der Waals surface area contributed by atoms with Crippen molar-refractivity contribution in [2.45, 2.75) is 12.6 Å². The van der Waals surface area contributed by atoms with Crippen molar-refractivity contribution in [3.63, 3.8) is 0 Å². The molecule has 1 atom stereocenters. The SMILES string of the molecule is O=C1c2ccccc2C(=O)N1C[C@@H]1CN(Cc2ccccc2)CCO1. The zero-order valence-electron chi connectivity index (χ0n) is 13.9. The van der Waals surface area contributed by atoms with Crippen LogP contribution in [0.2, 0.25) is 0 Å². The number of ether oxygens (including phenoxy) is 1. The van der Waals surface area contributed by atoms with Gasteiger partial charge in [0.2, 0.25) is 0 Å². The zero-order chi connectivity index (χ0) is 17.2. The molecule has 1 fully saturated rings. The van der Waals surface area contributed by atoms with Gasteiger partial charge >= 0.3 is 0 Å². The first-order chi connectivity index (χ1) is 12.2. The maximum absolute atomic E-state index is 12.5. The number of fused-ring (bicyclic) bond motifs is 1. The van der Waals surface area contributed by atoms with Crippen LogP contribution in [-0.2, 0) is 11.3 Å². The minimum absolute atomic E-state index is 0.153. The number of benzene rings is 2. The van der Waals surface area contributed by atoms with E-state index < -0.39 is 0 Å². The fraction of sp³-hybridized carbons (Fsp3) is 0.300. The van der Waals surface area contributed by atoms with Crippen LogP contribution in [-0.4, -0.2) is 54.0 Å². The average Bonchev–Trinajstić information content (AvgIpc) is 2.88. The first-order valence-corrected chi connectivity index (χ1v) is 8.55. The van der Waals surface area contributed by atoms with Gasteiger partial charge in [-0.3, -0.25) is 19.4 Å². The van der Waals surface area contributed by atoms with E-state index in [0.29, 0.717) is 30.8 Å². The summed E-state index contributed by atoms with van der Waals surface area (Å²) in [5.74, 6) is -0.436. The van der Waals surface area contributed by atoms with Gasteiger partial charge in [0.05, 0.1) is 30.4 Å². The third-order valence-corrected chi connectivity index (χ3v) is 4.74. The van der Waals surface area contributed by atoms with Gasteiger partial charge < -0.3 is 4.74 Å². The fourth-order valence-corrected chi connectivity index (χ4v) is 3.48. The molecular weight excluding hydrogens is 316 g/mol. The molecule has 2 amide bonds. The summed E-state index contributed by atoms with van der Waals surface area (Å²) in [6.45, 7) is 3.33. The molecule has 5 heteroatoms. The molecule has 0 N–H and O–H groups in total. The second-order valence-corrected chi connectivity index (χ2v) is 6.48. The van der Waals surface area contributed by atoms with E-state index in [1.165, 1.54) is 10.5 Å². The molecule has 2 aliphatic heterocycles. The average molecular weight is 336 g/mol. The van der Waals surface area contributed by atoms with E-state index in [9.17, 15) is 9.59 Å². The van der Waals surface area contributed by atoms with Gasteiger partial charge in [0.15, 0.2) is 0 Å². The molecule has 2 aromatic rings. The Morgan fingerprint density at radius 1 is 0.920 bits per heavy atom. The largest absolute Gasteiger partial charge is 0.374 e. The Kier molecular flexibility index (Phi) is 4.34. The molecule has 0 saturated carbocycles. The van der Waals surface area contributed by atoms with E-state index in [-0.39, 0.29) is 17.9 Å². The van der Waals surface area contributed by atoms with Gasteiger partial charge in [0.1, 0.15) is 0 Å². The third-order valence-electron chi connectivity index (χ3n) is 4.74. The van der Waals surface area contributed by atoms with Gasteiger partial charge in [0, 0.05) is 19.6 Å². The first-order valence-electron chi connectivity index (χ1n) is 8.55. The highest BCUT2D eigenvalue weighted by atomic mass is 16.5. The number of morpholine rings is 1. The van der Waals surface area contributed by atoms with Crippen LogP contribution in [0.15, 0.2) is 54.6 Å². The number of imide groups is 1. The third kappa shape index (κ3) is 3.21. The number of rotatable bonds is 4. The van der Waals surface area contributed by atoms with Crippen molar-refractivity contribution in [2.24, 2.45) is 0 Å². The smallest absolute Gasteiger partial charge is 0.261 e. The van der Waals surface area contributed by atoms with Crippen LogP contribution in [0.25, 0.3) is 0 Å². The summed E-state index contributed by atoms with van der Waals surface area (Å²) in [4.78, 5) is 28.6. The lowest BCUT2D eigenvalue weighted by atomic mass is 10.1. The molecule has 0 unspecified atom stereocenters. The lowest BCUT2D eigenvalue weighted by molar-refractivity contribution is -0.0400. The molecule has 1 saturated heterocycles. The Morgan fingerprint density at radius 2 is 1.56 bits per heavy atom. The summed E-state index contributed by atoms with van der Waals surface area (Å²) in [5, 5.41) is 0. The van der Waals surface area contributed by atoms with Gasteiger partial charge in [-0.2, -0.15) is 0 Å². The van der Waals surface area contributed by atoms with Crippen LogP contribution in [0.1, 0.15) is 26.3 Å². The summed E-state index contributed by atoms with van der Waals surface area (Å²) in [5.41, 5.74) is 2.23. The van der Waals surface area contributed by atoms with Gasteiger partial charge in [-0.05, 0) is 17.7 Å². The molecule has 25 heavy (non-hydrogen) atoms. The second kappa shape index (κ2) is 6.78. The number of hydrogen-bond acceptors (Lipinski definition) is 4. The molecule has 128 valence electrons.